The topological polar surface area (TPSA) is 55.4 Å². The number of carbonyl (C=O) groups is 1. The number of carbonyl (C=O) groups excluding carboxylic acids is 1. The van der Waals surface area contributed by atoms with Gasteiger partial charge in [-0.15, -0.1) is 11.3 Å². The van der Waals surface area contributed by atoms with Gasteiger partial charge in [-0.05, 0) is 30.7 Å². The zero-order valence-electron chi connectivity index (χ0n) is 17.2. The molecule has 6 nitrogen and oxygen atoms in total. The number of hydrogen-bond donors (Lipinski definition) is 0. The van der Waals surface area contributed by atoms with Crippen LogP contribution in [0, 0.1) is 6.92 Å². The van der Waals surface area contributed by atoms with Gasteiger partial charge in [-0.1, -0.05) is 17.8 Å². The van der Waals surface area contributed by atoms with Crippen LogP contribution in [0.15, 0.2) is 52.3 Å². The number of pyridine rings is 1. The highest BCUT2D eigenvalue weighted by Gasteiger charge is 2.25. The lowest BCUT2D eigenvalue weighted by Crippen LogP contribution is -2.37. The van der Waals surface area contributed by atoms with E-state index in [4.69, 9.17) is 4.74 Å². The van der Waals surface area contributed by atoms with Gasteiger partial charge in [-0.25, -0.2) is 4.57 Å². The fourth-order valence-electron chi connectivity index (χ4n) is 3.29. The molecule has 0 fully saturated rings. The third-order valence-electron chi connectivity index (χ3n) is 4.98. The molecule has 8 heteroatoms. The molecule has 0 saturated carbocycles. The van der Waals surface area contributed by atoms with Crippen molar-refractivity contribution in [2.75, 3.05) is 19.1 Å². The Labute approximate surface area is 182 Å². The number of methoxy groups -OCH3 is 1. The first kappa shape index (κ1) is 20.4. The summed E-state index contributed by atoms with van der Waals surface area (Å²) < 4.78 is 9.60. The van der Waals surface area contributed by atoms with Gasteiger partial charge in [0.1, 0.15) is 27.8 Å². The van der Waals surface area contributed by atoms with Crippen LogP contribution >= 0.6 is 23.1 Å². The summed E-state index contributed by atoms with van der Waals surface area (Å²) in [7, 11) is 5.24. The summed E-state index contributed by atoms with van der Waals surface area (Å²) in [6.07, 6.45) is 3.87. The van der Waals surface area contributed by atoms with E-state index < -0.39 is 5.97 Å². The second-order valence-corrected chi connectivity index (χ2v) is 9.12. The molecular formula is C22H22N3O3S2+. The Morgan fingerprint density at radius 1 is 1.27 bits per heavy atom. The Morgan fingerprint density at radius 2 is 2.07 bits per heavy atom. The summed E-state index contributed by atoms with van der Waals surface area (Å²) >= 11 is 2.98. The maximum atomic E-state index is 13.3. The number of aryl methyl sites for hydroxylation is 2. The number of esters is 1. The van der Waals surface area contributed by atoms with E-state index in [1.54, 1.807) is 11.8 Å². The Kier molecular flexibility index (Phi) is 5.53. The SMILES string of the molecule is COC(=O)Cn1c(=O)/c(=C2\Sc3cc(C)ccc3N2C)s/c1=C\c1cccc[n+]1C. The lowest BCUT2D eigenvalue weighted by molar-refractivity contribution is -0.673. The highest BCUT2D eigenvalue weighted by Crippen LogP contribution is 2.45. The summed E-state index contributed by atoms with van der Waals surface area (Å²) in [4.78, 5) is 28.5. The lowest BCUT2D eigenvalue weighted by Gasteiger charge is -2.12. The normalized spacial score (nSPS) is 15.5. The summed E-state index contributed by atoms with van der Waals surface area (Å²) in [5.41, 5.74) is 3.00. The van der Waals surface area contributed by atoms with Crippen molar-refractivity contribution in [2.45, 2.75) is 18.4 Å². The Morgan fingerprint density at radius 3 is 2.80 bits per heavy atom. The van der Waals surface area contributed by atoms with Crippen LogP contribution in [0.3, 0.4) is 0 Å². The van der Waals surface area contributed by atoms with Gasteiger partial charge < -0.3 is 9.64 Å². The standard InChI is InChI=1S/C22H22N3O3S2/c1-14-8-9-16-17(11-14)29-22(24(16)3)20-21(27)25(13-19(26)28-4)18(30-20)12-15-7-5-6-10-23(15)2/h5-12H,13H2,1-4H3/q+1/b22-20+. The molecule has 0 atom stereocenters. The van der Waals surface area contributed by atoms with Crippen molar-refractivity contribution in [3.05, 3.63) is 73.4 Å². The maximum Gasteiger partial charge on any atom is 0.325 e. The zero-order chi connectivity index (χ0) is 21.4. The summed E-state index contributed by atoms with van der Waals surface area (Å²) in [6, 6.07) is 12.1. The molecule has 0 aliphatic carbocycles. The largest absolute Gasteiger partial charge is 0.468 e. The highest BCUT2D eigenvalue weighted by atomic mass is 32.2. The average Bonchev–Trinajstić information content (AvgIpc) is 3.20. The summed E-state index contributed by atoms with van der Waals surface area (Å²) in [5, 5.41) is 0.876. The Balaban J connectivity index is 1.95. The van der Waals surface area contributed by atoms with Crippen LogP contribution in [-0.4, -0.2) is 24.7 Å². The van der Waals surface area contributed by atoms with Gasteiger partial charge in [-0.3, -0.25) is 14.2 Å². The van der Waals surface area contributed by atoms with E-state index in [0.29, 0.717) is 9.20 Å². The fraction of sp³-hybridized carbons (Fsp3) is 0.227. The number of benzene rings is 1. The van der Waals surface area contributed by atoms with Crippen molar-refractivity contribution in [1.29, 1.82) is 0 Å². The van der Waals surface area contributed by atoms with Gasteiger partial charge in [0.05, 0.1) is 12.8 Å². The number of nitrogens with zero attached hydrogens (tertiary/aromatic N) is 3. The molecule has 0 amide bonds. The molecule has 1 aromatic carbocycles. The predicted octanol–water partition coefficient (Wildman–Crippen LogP) is 1.35. The molecule has 0 radical (unpaired) electrons. The smallest absolute Gasteiger partial charge is 0.325 e. The van der Waals surface area contributed by atoms with E-state index in [0.717, 1.165) is 21.3 Å². The zero-order valence-corrected chi connectivity index (χ0v) is 18.8. The van der Waals surface area contributed by atoms with E-state index in [1.165, 1.54) is 28.6 Å². The molecule has 154 valence electrons. The number of aromatic nitrogens is 2. The minimum Gasteiger partial charge on any atom is -0.468 e. The van der Waals surface area contributed by atoms with Crippen LogP contribution in [-0.2, 0) is 23.1 Å². The van der Waals surface area contributed by atoms with Crippen LogP contribution in [0.4, 0.5) is 5.69 Å². The Hall–Kier alpha value is -2.84. The molecule has 0 unspecified atom stereocenters. The molecule has 0 N–H and O–H groups in total. The van der Waals surface area contributed by atoms with Crippen molar-refractivity contribution in [3.63, 3.8) is 0 Å². The first-order chi connectivity index (χ1) is 14.4. The number of rotatable bonds is 3. The molecule has 0 bridgehead atoms. The molecule has 3 aromatic rings. The summed E-state index contributed by atoms with van der Waals surface area (Å²) in [6.45, 7) is 1.93. The van der Waals surface area contributed by atoms with E-state index in [9.17, 15) is 9.59 Å². The van der Waals surface area contributed by atoms with Crippen molar-refractivity contribution in [2.24, 2.45) is 7.05 Å². The van der Waals surface area contributed by atoms with Crippen LogP contribution in [0.25, 0.3) is 11.1 Å². The van der Waals surface area contributed by atoms with E-state index >= 15 is 0 Å². The van der Waals surface area contributed by atoms with Gasteiger partial charge in [0.2, 0.25) is 5.69 Å². The van der Waals surface area contributed by atoms with Crippen LogP contribution in [0.2, 0.25) is 0 Å². The molecule has 4 rings (SSSR count). The maximum absolute atomic E-state index is 13.3. The molecule has 1 aliphatic heterocycles. The van der Waals surface area contributed by atoms with E-state index in [2.05, 4.69) is 25.1 Å². The quantitative estimate of drug-likeness (QED) is 0.455. The van der Waals surface area contributed by atoms with Gasteiger partial charge in [0.15, 0.2) is 6.20 Å². The monoisotopic (exact) mass is 440 g/mol. The summed E-state index contributed by atoms with van der Waals surface area (Å²) in [5.74, 6) is -0.454. The van der Waals surface area contributed by atoms with Crippen molar-refractivity contribution < 1.29 is 14.1 Å². The highest BCUT2D eigenvalue weighted by molar-refractivity contribution is 8.08. The molecule has 3 heterocycles. The molecule has 30 heavy (non-hydrogen) atoms. The number of anilines is 1. The molecular weight excluding hydrogens is 418 g/mol. The second kappa shape index (κ2) is 8.12. The lowest BCUT2D eigenvalue weighted by atomic mass is 10.2. The number of hydrogen-bond acceptors (Lipinski definition) is 6. The number of ether oxygens (including phenoxy) is 1. The number of fused-ring (bicyclic) bond motifs is 1. The third kappa shape index (κ3) is 3.68. The van der Waals surface area contributed by atoms with Crippen molar-refractivity contribution in [3.8, 4) is 0 Å². The van der Waals surface area contributed by atoms with Crippen LogP contribution < -0.4 is 24.2 Å². The minimum absolute atomic E-state index is 0.123. The molecule has 0 spiro atoms. The van der Waals surface area contributed by atoms with Crippen LogP contribution in [0.5, 0.6) is 0 Å². The van der Waals surface area contributed by atoms with E-state index in [-0.39, 0.29) is 12.1 Å². The van der Waals surface area contributed by atoms with Crippen molar-refractivity contribution >= 4 is 45.9 Å². The van der Waals surface area contributed by atoms with Gasteiger partial charge in [0, 0.05) is 30.2 Å². The van der Waals surface area contributed by atoms with E-state index in [1.807, 2.05) is 54.0 Å². The molecule has 0 saturated heterocycles. The van der Waals surface area contributed by atoms with Gasteiger partial charge in [-0.2, -0.15) is 0 Å². The van der Waals surface area contributed by atoms with Gasteiger partial charge >= 0.3 is 5.97 Å². The molecule has 2 aromatic heterocycles. The first-order valence-electron chi connectivity index (χ1n) is 9.38. The minimum atomic E-state index is -0.454. The third-order valence-corrected chi connectivity index (χ3v) is 7.44. The predicted molar refractivity (Wildman–Crippen MR) is 120 cm³/mol. The fourth-order valence-corrected chi connectivity index (χ4v) is 5.78. The van der Waals surface area contributed by atoms with Gasteiger partial charge in [0.25, 0.3) is 5.56 Å². The molecule has 1 aliphatic rings. The Bertz CT molecular complexity index is 1320. The van der Waals surface area contributed by atoms with Crippen LogP contribution in [0.1, 0.15) is 11.3 Å². The number of thiazole rings is 1. The average molecular weight is 441 g/mol. The second-order valence-electron chi connectivity index (χ2n) is 7.06. The number of thioether (sulfide) groups is 1. The van der Waals surface area contributed by atoms with Crippen molar-refractivity contribution in [1.82, 2.24) is 4.57 Å². The first-order valence-corrected chi connectivity index (χ1v) is 11.0.